The number of amides is 2. The summed E-state index contributed by atoms with van der Waals surface area (Å²) in [6.45, 7) is 1.27. The van der Waals surface area contributed by atoms with Gasteiger partial charge in [-0.3, -0.25) is 14.5 Å². The maximum atomic E-state index is 12.9. The third-order valence-electron chi connectivity index (χ3n) is 8.10. The van der Waals surface area contributed by atoms with Gasteiger partial charge in [-0.2, -0.15) is 13.2 Å². The zero-order valence-corrected chi connectivity index (χ0v) is 19.8. The van der Waals surface area contributed by atoms with Crippen LogP contribution in [0, 0.1) is 11.8 Å². The number of aliphatic hydroxyl groups is 1. The summed E-state index contributed by atoms with van der Waals surface area (Å²) in [7, 11) is 0. The van der Waals surface area contributed by atoms with Crippen molar-refractivity contribution in [1.82, 2.24) is 15.5 Å². The van der Waals surface area contributed by atoms with Gasteiger partial charge in [0, 0.05) is 30.7 Å². The minimum atomic E-state index is -4.54. The zero-order valence-electron chi connectivity index (χ0n) is 19.8. The van der Waals surface area contributed by atoms with Gasteiger partial charge in [-0.1, -0.05) is 36.4 Å². The molecule has 0 radical (unpaired) electrons. The Kier molecular flexibility index (Phi) is 6.55. The number of halogens is 3. The van der Waals surface area contributed by atoms with Crippen molar-refractivity contribution < 1.29 is 27.9 Å². The van der Waals surface area contributed by atoms with Crippen molar-refractivity contribution in [3.8, 4) is 0 Å². The van der Waals surface area contributed by atoms with Gasteiger partial charge >= 0.3 is 6.18 Å². The molecule has 192 valence electrons. The second-order valence-electron chi connectivity index (χ2n) is 10.3. The lowest BCUT2D eigenvalue weighted by molar-refractivity contribution is -0.137. The van der Waals surface area contributed by atoms with Crippen LogP contribution in [0.15, 0.2) is 54.6 Å². The van der Waals surface area contributed by atoms with E-state index in [1.165, 1.54) is 12.1 Å². The number of fused-ring (bicyclic) bond motifs is 2. The van der Waals surface area contributed by atoms with Crippen LogP contribution in [0.3, 0.4) is 0 Å². The summed E-state index contributed by atoms with van der Waals surface area (Å²) in [5.41, 5.74) is -0.812. The number of carbonyl (C=O) groups is 2. The number of hydrogen-bond donors (Lipinski definition) is 3. The third kappa shape index (κ3) is 4.86. The molecule has 2 bridgehead atoms. The number of alkyl halides is 3. The molecule has 1 heterocycles. The minimum Gasteiger partial charge on any atom is -0.385 e. The molecule has 5 unspecified atom stereocenters. The van der Waals surface area contributed by atoms with E-state index in [1.807, 2.05) is 30.3 Å². The van der Waals surface area contributed by atoms with Crippen molar-refractivity contribution in [2.75, 3.05) is 19.6 Å². The van der Waals surface area contributed by atoms with E-state index in [0.29, 0.717) is 18.5 Å². The molecule has 9 heteroatoms. The van der Waals surface area contributed by atoms with Crippen molar-refractivity contribution in [3.63, 3.8) is 0 Å². The molecule has 2 aliphatic carbocycles. The Morgan fingerprint density at radius 2 is 1.86 bits per heavy atom. The molecule has 0 spiro atoms. The van der Waals surface area contributed by atoms with Crippen LogP contribution in [0.5, 0.6) is 0 Å². The Labute approximate surface area is 207 Å². The van der Waals surface area contributed by atoms with E-state index < -0.39 is 23.2 Å². The Balaban J connectivity index is 1.09. The fourth-order valence-electron chi connectivity index (χ4n) is 6.39. The molecule has 3 aliphatic rings. The van der Waals surface area contributed by atoms with Crippen LogP contribution in [0.2, 0.25) is 0 Å². The molecule has 0 aromatic heterocycles. The van der Waals surface area contributed by atoms with E-state index in [-0.39, 0.29) is 30.0 Å². The molecule has 5 atom stereocenters. The molecule has 2 saturated carbocycles. The van der Waals surface area contributed by atoms with Gasteiger partial charge < -0.3 is 15.7 Å². The van der Waals surface area contributed by atoms with Crippen molar-refractivity contribution in [1.29, 1.82) is 0 Å². The first-order valence-corrected chi connectivity index (χ1v) is 12.4. The summed E-state index contributed by atoms with van der Waals surface area (Å²) in [6, 6.07) is 14.4. The van der Waals surface area contributed by atoms with Crippen LogP contribution in [0.1, 0.15) is 47.2 Å². The third-order valence-corrected chi connectivity index (χ3v) is 8.10. The largest absolute Gasteiger partial charge is 0.416 e. The molecular formula is C27H30F3N3O3. The monoisotopic (exact) mass is 501 g/mol. The van der Waals surface area contributed by atoms with Crippen molar-refractivity contribution in [2.24, 2.45) is 11.8 Å². The molecule has 1 saturated heterocycles. The van der Waals surface area contributed by atoms with Crippen LogP contribution in [0.4, 0.5) is 13.2 Å². The fourth-order valence-corrected chi connectivity index (χ4v) is 6.39. The number of rotatable bonds is 6. The number of nitrogens with one attached hydrogen (secondary N) is 2. The van der Waals surface area contributed by atoms with Gasteiger partial charge in [-0.05, 0) is 61.3 Å². The topological polar surface area (TPSA) is 81.7 Å². The first kappa shape index (κ1) is 24.8. The molecule has 6 nitrogen and oxygen atoms in total. The molecular weight excluding hydrogens is 471 g/mol. The molecule has 3 N–H and O–H groups in total. The average molecular weight is 502 g/mol. The number of benzene rings is 2. The van der Waals surface area contributed by atoms with E-state index in [9.17, 15) is 27.9 Å². The summed E-state index contributed by atoms with van der Waals surface area (Å²) < 4.78 is 38.6. The molecule has 3 fully saturated rings. The minimum absolute atomic E-state index is 0.0462. The smallest absolute Gasteiger partial charge is 0.385 e. The lowest BCUT2D eigenvalue weighted by atomic mass is 9.77. The highest BCUT2D eigenvalue weighted by atomic mass is 19.4. The fraction of sp³-hybridized carbons (Fsp3) is 0.481. The SMILES string of the molecule is O=C(CNC(=O)c1cccc(C(F)(F)F)c1)NC1CCN(C2CC3CC2CC3(O)c2ccccc2)C1. The van der Waals surface area contributed by atoms with Crippen LogP contribution in [-0.2, 0) is 16.6 Å². The summed E-state index contributed by atoms with van der Waals surface area (Å²) in [5, 5.41) is 16.7. The summed E-state index contributed by atoms with van der Waals surface area (Å²) in [4.78, 5) is 27.0. The van der Waals surface area contributed by atoms with Gasteiger partial charge in [-0.15, -0.1) is 0 Å². The van der Waals surface area contributed by atoms with Crippen molar-refractivity contribution >= 4 is 11.8 Å². The number of carbonyl (C=O) groups excluding carboxylic acids is 2. The van der Waals surface area contributed by atoms with Crippen LogP contribution in [-0.4, -0.2) is 53.5 Å². The highest BCUT2D eigenvalue weighted by molar-refractivity contribution is 5.96. The predicted molar refractivity (Wildman–Crippen MR) is 127 cm³/mol. The number of nitrogens with zero attached hydrogens (tertiary/aromatic N) is 1. The number of likely N-dealkylation sites (tertiary alicyclic amines) is 1. The molecule has 2 aromatic carbocycles. The van der Waals surface area contributed by atoms with E-state index in [0.717, 1.165) is 49.9 Å². The zero-order chi connectivity index (χ0) is 25.5. The summed E-state index contributed by atoms with van der Waals surface area (Å²) >= 11 is 0. The Morgan fingerprint density at radius 1 is 1.08 bits per heavy atom. The van der Waals surface area contributed by atoms with Gasteiger partial charge in [0.25, 0.3) is 5.91 Å². The standard InChI is InChI=1S/C27H30F3N3O3/c28-27(29,30)20-8-4-5-17(11-20)25(35)31-15-24(34)32-22-9-10-33(16-22)23-13-21-12-18(23)14-26(21,36)19-6-2-1-3-7-19/h1-8,11,18,21-23,36H,9-10,12-16H2,(H,31,35)(H,32,34). The Morgan fingerprint density at radius 3 is 2.56 bits per heavy atom. The maximum absolute atomic E-state index is 12.9. The molecule has 1 aliphatic heterocycles. The van der Waals surface area contributed by atoms with Crippen LogP contribution < -0.4 is 10.6 Å². The Hall–Kier alpha value is -2.91. The van der Waals surface area contributed by atoms with Gasteiger partial charge in [0.15, 0.2) is 0 Å². The van der Waals surface area contributed by atoms with Gasteiger partial charge in [0.2, 0.25) is 5.91 Å². The normalized spacial score (nSPS) is 29.9. The summed E-state index contributed by atoms with van der Waals surface area (Å²) in [6.07, 6.45) is -1.05. The molecule has 2 amide bonds. The van der Waals surface area contributed by atoms with E-state index in [1.54, 1.807) is 0 Å². The van der Waals surface area contributed by atoms with E-state index in [2.05, 4.69) is 15.5 Å². The second-order valence-corrected chi connectivity index (χ2v) is 10.3. The molecule has 5 rings (SSSR count). The quantitative estimate of drug-likeness (QED) is 0.568. The van der Waals surface area contributed by atoms with E-state index >= 15 is 0 Å². The van der Waals surface area contributed by atoms with Crippen molar-refractivity contribution in [3.05, 3.63) is 71.3 Å². The van der Waals surface area contributed by atoms with Gasteiger partial charge in [0.1, 0.15) is 0 Å². The lowest BCUT2D eigenvalue weighted by Crippen LogP contribution is -2.46. The first-order chi connectivity index (χ1) is 17.1. The highest BCUT2D eigenvalue weighted by Crippen LogP contribution is 2.57. The first-order valence-electron chi connectivity index (χ1n) is 12.4. The maximum Gasteiger partial charge on any atom is 0.416 e. The predicted octanol–water partition coefficient (Wildman–Crippen LogP) is 3.31. The van der Waals surface area contributed by atoms with E-state index in [4.69, 9.17) is 0 Å². The van der Waals surface area contributed by atoms with Gasteiger partial charge in [-0.25, -0.2) is 0 Å². The van der Waals surface area contributed by atoms with Gasteiger partial charge in [0.05, 0.1) is 17.7 Å². The highest BCUT2D eigenvalue weighted by Gasteiger charge is 2.56. The Bertz CT molecular complexity index is 1130. The van der Waals surface area contributed by atoms with Crippen LogP contribution >= 0.6 is 0 Å². The molecule has 36 heavy (non-hydrogen) atoms. The average Bonchev–Trinajstić information content (AvgIpc) is 3.57. The van der Waals surface area contributed by atoms with Crippen LogP contribution in [0.25, 0.3) is 0 Å². The molecule has 2 aromatic rings. The number of hydrogen-bond acceptors (Lipinski definition) is 4. The summed E-state index contributed by atoms with van der Waals surface area (Å²) in [5.74, 6) is -0.443. The second kappa shape index (κ2) is 9.52. The lowest BCUT2D eigenvalue weighted by Gasteiger charge is -2.39. The van der Waals surface area contributed by atoms with Crippen molar-refractivity contribution in [2.45, 2.75) is 49.5 Å².